The SMILES string of the molecule is Nc1ncnn2c(C(=O)NCC3CN(C(=O)O)CCO3)cc(Br)c12. The molecule has 0 aromatic carbocycles. The van der Waals surface area contributed by atoms with Crippen molar-refractivity contribution in [3.05, 3.63) is 22.6 Å². The van der Waals surface area contributed by atoms with Gasteiger partial charge in [0.15, 0.2) is 5.82 Å². The van der Waals surface area contributed by atoms with E-state index in [2.05, 4.69) is 31.3 Å². The summed E-state index contributed by atoms with van der Waals surface area (Å²) in [6.07, 6.45) is -0.128. The molecule has 1 aliphatic heterocycles. The van der Waals surface area contributed by atoms with Crippen LogP contribution in [0.5, 0.6) is 0 Å². The number of anilines is 1. The lowest BCUT2D eigenvalue weighted by Gasteiger charge is -2.30. The Morgan fingerprint density at radius 3 is 3.08 bits per heavy atom. The van der Waals surface area contributed by atoms with Crippen molar-refractivity contribution >= 4 is 39.3 Å². The highest BCUT2D eigenvalue weighted by atomic mass is 79.9. The lowest BCUT2D eigenvalue weighted by molar-refractivity contribution is -0.0199. The number of fused-ring (bicyclic) bond motifs is 1. The quantitative estimate of drug-likeness (QED) is 0.670. The second kappa shape index (κ2) is 6.61. The number of nitrogen functional groups attached to an aromatic ring is 1. The van der Waals surface area contributed by atoms with Crippen molar-refractivity contribution in [1.29, 1.82) is 0 Å². The number of carbonyl (C=O) groups excluding carboxylic acids is 1. The molecule has 0 radical (unpaired) electrons. The van der Waals surface area contributed by atoms with E-state index in [0.29, 0.717) is 23.1 Å². The largest absolute Gasteiger partial charge is 0.465 e. The van der Waals surface area contributed by atoms with Gasteiger partial charge in [-0.15, -0.1) is 0 Å². The van der Waals surface area contributed by atoms with E-state index in [1.807, 2.05) is 0 Å². The monoisotopic (exact) mass is 398 g/mol. The summed E-state index contributed by atoms with van der Waals surface area (Å²) in [5, 5.41) is 15.8. The normalized spacial score (nSPS) is 17.9. The molecule has 2 aromatic rings. The smallest absolute Gasteiger partial charge is 0.407 e. The van der Waals surface area contributed by atoms with Crippen molar-refractivity contribution in [2.45, 2.75) is 6.10 Å². The number of morpholine rings is 1. The molecule has 11 heteroatoms. The summed E-state index contributed by atoms with van der Waals surface area (Å²) in [5.41, 5.74) is 6.59. The molecule has 0 spiro atoms. The fourth-order valence-corrected chi connectivity index (χ4v) is 3.09. The Kier molecular flexibility index (Phi) is 4.53. The Labute approximate surface area is 144 Å². The van der Waals surface area contributed by atoms with Crippen molar-refractivity contribution in [2.75, 3.05) is 32.0 Å². The highest BCUT2D eigenvalue weighted by Crippen LogP contribution is 2.25. The van der Waals surface area contributed by atoms with E-state index in [0.717, 1.165) is 0 Å². The van der Waals surface area contributed by atoms with E-state index in [-0.39, 0.29) is 30.5 Å². The van der Waals surface area contributed by atoms with Crippen LogP contribution in [-0.2, 0) is 4.74 Å². The topological polar surface area (TPSA) is 135 Å². The Balaban J connectivity index is 1.70. The van der Waals surface area contributed by atoms with Gasteiger partial charge in [-0.05, 0) is 22.0 Å². The fraction of sp³-hybridized carbons (Fsp3) is 0.385. The minimum Gasteiger partial charge on any atom is -0.465 e. The standard InChI is InChI=1S/C13H15BrN6O4/c14-8-3-9(20-10(8)11(15)17-6-18-20)12(21)16-4-7-5-19(13(22)23)1-2-24-7/h3,6-7H,1-2,4-5H2,(H,16,21)(H,22,23)(H2,15,17,18). The zero-order chi connectivity index (χ0) is 17.3. The van der Waals surface area contributed by atoms with Crippen LogP contribution in [0, 0.1) is 0 Å². The first kappa shape index (κ1) is 16.5. The van der Waals surface area contributed by atoms with Crippen molar-refractivity contribution in [3.63, 3.8) is 0 Å². The average molecular weight is 399 g/mol. The van der Waals surface area contributed by atoms with Gasteiger partial charge >= 0.3 is 6.09 Å². The van der Waals surface area contributed by atoms with Crippen LogP contribution in [0.15, 0.2) is 16.9 Å². The third-order valence-electron chi connectivity index (χ3n) is 3.67. The van der Waals surface area contributed by atoms with Gasteiger partial charge in [0.1, 0.15) is 17.5 Å². The van der Waals surface area contributed by atoms with E-state index in [4.69, 9.17) is 15.6 Å². The molecule has 0 saturated carbocycles. The molecule has 1 unspecified atom stereocenters. The summed E-state index contributed by atoms with van der Waals surface area (Å²) in [6, 6.07) is 1.60. The number of carbonyl (C=O) groups is 2. The number of hydrogen-bond donors (Lipinski definition) is 3. The number of nitrogens with one attached hydrogen (secondary N) is 1. The molecule has 1 saturated heterocycles. The molecule has 2 amide bonds. The molecule has 128 valence electrons. The molecule has 2 aromatic heterocycles. The second-order valence-corrected chi connectivity index (χ2v) is 6.07. The summed E-state index contributed by atoms with van der Waals surface area (Å²) in [4.78, 5) is 28.5. The third kappa shape index (κ3) is 3.12. The Morgan fingerprint density at radius 2 is 2.33 bits per heavy atom. The van der Waals surface area contributed by atoms with Crippen LogP contribution in [0.3, 0.4) is 0 Å². The second-order valence-electron chi connectivity index (χ2n) is 5.21. The highest BCUT2D eigenvalue weighted by molar-refractivity contribution is 9.10. The van der Waals surface area contributed by atoms with Crippen molar-refractivity contribution in [3.8, 4) is 0 Å². The van der Waals surface area contributed by atoms with Crippen LogP contribution < -0.4 is 11.1 Å². The zero-order valence-electron chi connectivity index (χ0n) is 12.5. The van der Waals surface area contributed by atoms with E-state index in [1.54, 1.807) is 6.07 Å². The molecule has 10 nitrogen and oxygen atoms in total. The molecule has 4 N–H and O–H groups in total. The summed E-state index contributed by atoms with van der Waals surface area (Å²) in [5.74, 6) is -0.117. The number of nitrogens with zero attached hydrogens (tertiary/aromatic N) is 4. The number of amides is 2. The molecule has 24 heavy (non-hydrogen) atoms. The summed E-state index contributed by atoms with van der Waals surface area (Å²) in [7, 11) is 0. The highest BCUT2D eigenvalue weighted by Gasteiger charge is 2.25. The number of carboxylic acid groups (broad SMARTS) is 1. The third-order valence-corrected chi connectivity index (χ3v) is 4.27. The van der Waals surface area contributed by atoms with Crippen LogP contribution >= 0.6 is 15.9 Å². The summed E-state index contributed by atoms with van der Waals surface area (Å²) < 4.78 is 7.48. The number of hydrogen-bond acceptors (Lipinski definition) is 6. The number of rotatable bonds is 3. The minimum atomic E-state index is -0.997. The first-order chi connectivity index (χ1) is 11.5. The maximum Gasteiger partial charge on any atom is 0.407 e. The molecule has 3 heterocycles. The van der Waals surface area contributed by atoms with Gasteiger partial charge in [0.05, 0.1) is 19.3 Å². The number of aromatic nitrogens is 3. The van der Waals surface area contributed by atoms with E-state index in [9.17, 15) is 9.59 Å². The molecule has 1 fully saturated rings. The Hall–Kier alpha value is -2.40. The van der Waals surface area contributed by atoms with Crippen LogP contribution in [0.2, 0.25) is 0 Å². The van der Waals surface area contributed by atoms with E-state index >= 15 is 0 Å². The number of ether oxygens (including phenoxy) is 1. The predicted molar refractivity (Wildman–Crippen MR) is 86.8 cm³/mol. The first-order valence-corrected chi connectivity index (χ1v) is 7.92. The minimum absolute atomic E-state index is 0.189. The van der Waals surface area contributed by atoms with Crippen LogP contribution in [0.25, 0.3) is 5.52 Å². The van der Waals surface area contributed by atoms with Crippen LogP contribution in [-0.4, -0.2) is 69.0 Å². The van der Waals surface area contributed by atoms with Crippen LogP contribution in [0.1, 0.15) is 10.5 Å². The average Bonchev–Trinajstić information content (AvgIpc) is 2.91. The van der Waals surface area contributed by atoms with Gasteiger partial charge in [-0.3, -0.25) is 4.79 Å². The zero-order valence-corrected chi connectivity index (χ0v) is 14.1. The predicted octanol–water partition coefficient (Wildman–Crippen LogP) is 0.183. The molecular weight excluding hydrogens is 384 g/mol. The number of nitrogens with two attached hydrogens (primary N) is 1. The molecular formula is C13H15BrN6O4. The Morgan fingerprint density at radius 1 is 1.54 bits per heavy atom. The summed E-state index contributed by atoms with van der Waals surface area (Å²) in [6.45, 7) is 1.03. The molecule has 1 atom stereocenters. The van der Waals surface area contributed by atoms with Crippen molar-refractivity contribution in [1.82, 2.24) is 24.8 Å². The van der Waals surface area contributed by atoms with Gasteiger partial charge < -0.3 is 25.8 Å². The lowest BCUT2D eigenvalue weighted by Crippen LogP contribution is -2.49. The van der Waals surface area contributed by atoms with Gasteiger partial charge in [0, 0.05) is 17.6 Å². The van der Waals surface area contributed by atoms with Gasteiger partial charge in [-0.2, -0.15) is 5.10 Å². The molecule has 3 rings (SSSR count). The molecule has 0 aliphatic carbocycles. The van der Waals surface area contributed by atoms with E-state index < -0.39 is 12.2 Å². The maximum atomic E-state index is 12.4. The van der Waals surface area contributed by atoms with Crippen LogP contribution in [0.4, 0.5) is 10.6 Å². The first-order valence-electron chi connectivity index (χ1n) is 7.12. The Bertz CT molecular complexity index is 794. The molecule has 0 bridgehead atoms. The molecule has 1 aliphatic rings. The van der Waals surface area contributed by atoms with Gasteiger partial charge in [0.2, 0.25) is 0 Å². The van der Waals surface area contributed by atoms with Gasteiger partial charge in [0.25, 0.3) is 5.91 Å². The fourth-order valence-electron chi connectivity index (χ4n) is 2.50. The van der Waals surface area contributed by atoms with Gasteiger partial charge in [-0.1, -0.05) is 0 Å². The maximum absolute atomic E-state index is 12.4. The van der Waals surface area contributed by atoms with Gasteiger partial charge in [-0.25, -0.2) is 14.3 Å². The van der Waals surface area contributed by atoms with Crippen molar-refractivity contribution < 1.29 is 19.4 Å². The summed E-state index contributed by atoms with van der Waals surface area (Å²) >= 11 is 3.33. The van der Waals surface area contributed by atoms with Crippen molar-refractivity contribution in [2.24, 2.45) is 0 Å². The lowest BCUT2D eigenvalue weighted by atomic mass is 10.2. The number of halogens is 1. The van der Waals surface area contributed by atoms with E-state index in [1.165, 1.54) is 15.7 Å².